The van der Waals surface area contributed by atoms with Crippen molar-refractivity contribution >= 4 is 33.3 Å². The molecule has 1 amide bonds. The predicted molar refractivity (Wildman–Crippen MR) is 144 cm³/mol. The third-order valence-corrected chi connectivity index (χ3v) is 7.90. The number of nitrogens with one attached hydrogen (secondary N) is 2. The number of carbonyl (C=O) groups excluding carboxylic acids is 1. The van der Waals surface area contributed by atoms with Gasteiger partial charge in [-0.05, 0) is 55.0 Å². The first-order valence-electron chi connectivity index (χ1n) is 12.0. The van der Waals surface area contributed by atoms with E-state index in [-0.39, 0.29) is 10.8 Å². The Morgan fingerprint density at radius 3 is 2.50 bits per heavy atom. The van der Waals surface area contributed by atoms with Gasteiger partial charge in [0, 0.05) is 48.6 Å². The molecule has 1 saturated heterocycles. The molecule has 4 aromatic rings. The molecule has 0 atom stereocenters. The van der Waals surface area contributed by atoms with Gasteiger partial charge in [-0.3, -0.25) is 9.78 Å². The Morgan fingerprint density at radius 2 is 1.76 bits per heavy atom. The molecule has 194 valence electrons. The lowest BCUT2D eigenvalue weighted by molar-refractivity contribution is 0.0730. The summed E-state index contributed by atoms with van der Waals surface area (Å²) in [6.07, 6.45) is 4.83. The number of morpholine rings is 1. The monoisotopic (exact) mass is 530 g/mol. The highest BCUT2D eigenvalue weighted by Crippen LogP contribution is 2.26. The van der Waals surface area contributed by atoms with E-state index in [2.05, 4.69) is 25.6 Å². The zero-order valence-electron chi connectivity index (χ0n) is 20.7. The summed E-state index contributed by atoms with van der Waals surface area (Å²) in [5, 5.41) is 5.97. The molecule has 0 radical (unpaired) electrons. The summed E-state index contributed by atoms with van der Waals surface area (Å²) in [7, 11) is -3.63. The fourth-order valence-corrected chi connectivity index (χ4v) is 5.46. The summed E-state index contributed by atoms with van der Waals surface area (Å²) in [6, 6.07) is 17.4. The molecule has 10 nitrogen and oxygen atoms in total. The number of nitrogens with zero attached hydrogens (tertiary/aromatic N) is 4. The Labute approximate surface area is 220 Å². The lowest BCUT2D eigenvalue weighted by Gasteiger charge is -2.26. The first-order valence-corrected chi connectivity index (χ1v) is 13.4. The van der Waals surface area contributed by atoms with E-state index in [0.717, 1.165) is 11.1 Å². The maximum absolute atomic E-state index is 13.0. The quantitative estimate of drug-likeness (QED) is 0.369. The molecule has 2 N–H and O–H groups in total. The normalized spacial score (nSPS) is 14.1. The fourth-order valence-electron chi connectivity index (χ4n) is 4.01. The van der Waals surface area contributed by atoms with Crippen LogP contribution in [0.2, 0.25) is 0 Å². The van der Waals surface area contributed by atoms with Gasteiger partial charge in [0.05, 0.1) is 29.4 Å². The zero-order chi connectivity index (χ0) is 26.5. The molecule has 5 rings (SSSR count). The van der Waals surface area contributed by atoms with Crippen LogP contribution in [-0.4, -0.2) is 59.9 Å². The van der Waals surface area contributed by atoms with E-state index in [4.69, 9.17) is 4.74 Å². The molecule has 0 aliphatic carbocycles. The standard InChI is InChI=1S/C27H26N6O4S/c1-19-17-29-27(31-23-5-2-6-24(16-23)38(35,36)33-12-14-37-15-13-33)32-25(19)20-7-9-22(10-8-20)30-26(34)21-4-3-11-28-18-21/h2-11,16-18H,12-15H2,1H3,(H,30,34)(H,29,31,32). The Hall–Kier alpha value is -4.19. The highest BCUT2D eigenvalue weighted by Gasteiger charge is 2.26. The third-order valence-electron chi connectivity index (χ3n) is 6.01. The van der Waals surface area contributed by atoms with E-state index in [1.54, 1.807) is 60.9 Å². The summed E-state index contributed by atoms with van der Waals surface area (Å²) >= 11 is 0. The number of anilines is 3. The number of amides is 1. The van der Waals surface area contributed by atoms with Gasteiger partial charge in [0.15, 0.2) is 0 Å². The number of aryl methyl sites for hydroxylation is 1. The van der Waals surface area contributed by atoms with Crippen molar-refractivity contribution in [1.82, 2.24) is 19.3 Å². The number of aromatic nitrogens is 3. The third kappa shape index (κ3) is 5.70. The summed E-state index contributed by atoms with van der Waals surface area (Å²) in [5.74, 6) is 0.0916. The Balaban J connectivity index is 1.32. The van der Waals surface area contributed by atoms with Crippen LogP contribution in [0.5, 0.6) is 0 Å². The number of pyridine rings is 1. The van der Waals surface area contributed by atoms with Crippen molar-refractivity contribution in [2.45, 2.75) is 11.8 Å². The first-order chi connectivity index (χ1) is 18.4. The van der Waals surface area contributed by atoms with E-state index in [0.29, 0.717) is 54.9 Å². The van der Waals surface area contributed by atoms with Crippen molar-refractivity contribution in [2.75, 3.05) is 36.9 Å². The molecule has 0 saturated carbocycles. The van der Waals surface area contributed by atoms with Crippen molar-refractivity contribution in [2.24, 2.45) is 0 Å². The maximum atomic E-state index is 13.0. The van der Waals surface area contributed by atoms with Crippen LogP contribution in [-0.2, 0) is 14.8 Å². The van der Waals surface area contributed by atoms with Gasteiger partial charge in [-0.1, -0.05) is 18.2 Å². The number of sulfonamides is 1. The topological polar surface area (TPSA) is 126 Å². The highest BCUT2D eigenvalue weighted by molar-refractivity contribution is 7.89. The maximum Gasteiger partial charge on any atom is 0.257 e. The summed E-state index contributed by atoms with van der Waals surface area (Å²) in [4.78, 5) is 25.6. The van der Waals surface area contributed by atoms with Crippen LogP contribution >= 0.6 is 0 Å². The van der Waals surface area contributed by atoms with Gasteiger partial charge < -0.3 is 15.4 Å². The number of rotatable bonds is 7. The minimum atomic E-state index is -3.63. The molecule has 11 heteroatoms. The zero-order valence-corrected chi connectivity index (χ0v) is 21.5. The minimum absolute atomic E-state index is 0.195. The number of hydrogen-bond donors (Lipinski definition) is 2. The molecule has 2 aromatic carbocycles. The second kappa shape index (κ2) is 11.1. The molecule has 3 heterocycles. The average molecular weight is 531 g/mol. The van der Waals surface area contributed by atoms with Gasteiger partial charge in [-0.2, -0.15) is 4.31 Å². The molecule has 0 unspecified atom stereocenters. The van der Waals surface area contributed by atoms with Crippen molar-refractivity contribution < 1.29 is 17.9 Å². The molecule has 0 bridgehead atoms. The van der Waals surface area contributed by atoms with Gasteiger partial charge in [0.25, 0.3) is 5.91 Å². The average Bonchev–Trinajstić information content (AvgIpc) is 2.96. The summed E-state index contributed by atoms with van der Waals surface area (Å²) < 4.78 is 32.8. The van der Waals surface area contributed by atoms with E-state index >= 15 is 0 Å². The van der Waals surface area contributed by atoms with Crippen molar-refractivity contribution in [3.63, 3.8) is 0 Å². The lowest BCUT2D eigenvalue weighted by Crippen LogP contribution is -2.40. The molecule has 0 spiro atoms. The van der Waals surface area contributed by atoms with E-state index in [1.165, 1.54) is 10.5 Å². The van der Waals surface area contributed by atoms with Crippen LogP contribution in [0.15, 0.2) is 84.1 Å². The number of carbonyl (C=O) groups is 1. The van der Waals surface area contributed by atoms with Gasteiger partial charge >= 0.3 is 0 Å². The first kappa shape index (κ1) is 25.5. The van der Waals surface area contributed by atoms with Gasteiger partial charge in [-0.25, -0.2) is 18.4 Å². The van der Waals surface area contributed by atoms with Gasteiger partial charge in [-0.15, -0.1) is 0 Å². The SMILES string of the molecule is Cc1cnc(Nc2cccc(S(=O)(=O)N3CCOCC3)c2)nc1-c1ccc(NC(=O)c2cccnc2)cc1. The molecule has 1 fully saturated rings. The molecule has 1 aliphatic rings. The summed E-state index contributed by atoms with van der Waals surface area (Å²) in [5.41, 5.74) is 4.10. The van der Waals surface area contributed by atoms with Gasteiger partial charge in [0.1, 0.15) is 0 Å². The summed E-state index contributed by atoms with van der Waals surface area (Å²) in [6.45, 7) is 3.34. The Kier molecular flexibility index (Phi) is 7.40. The highest BCUT2D eigenvalue weighted by atomic mass is 32.2. The second-order valence-corrected chi connectivity index (χ2v) is 10.6. The number of hydrogen-bond acceptors (Lipinski definition) is 8. The number of ether oxygens (including phenoxy) is 1. The van der Waals surface area contributed by atoms with E-state index in [1.807, 2.05) is 19.1 Å². The second-order valence-electron chi connectivity index (χ2n) is 8.67. The van der Waals surface area contributed by atoms with Gasteiger partial charge in [0.2, 0.25) is 16.0 Å². The molecular weight excluding hydrogens is 504 g/mol. The van der Waals surface area contributed by atoms with Crippen LogP contribution < -0.4 is 10.6 Å². The molecule has 2 aromatic heterocycles. The molecular formula is C27H26N6O4S. The Bertz CT molecular complexity index is 1540. The van der Waals surface area contributed by atoms with Crippen LogP contribution in [0.3, 0.4) is 0 Å². The lowest BCUT2D eigenvalue weighted by atomic mass is 10.1. The Morgan fingerprint density at radius 1 is 0.974 bits per heavy atom. The smallest absolute Gasteiger partial charge is 0.257 e. The van der Waals surface area contributed by atoms with Crippen molar-refractivity contribution in [3.8, 4) is 11.3 Å². The van der Waals surface area contributed by atoms with E-state index < -0.39 is 10.0 Å². The minimum Gasteiger partial charge on any atom is -0.379 e. The fraction of sp³-hybridized carbons (Fsp3) is 0.185. The number of benzene rings is 2. The van der Waals surface area contributed by atoms with Crippen LogP contribution in [0.1, 0.15) is 15.9 Å². The van der Waals surface area contributed by atoms with Crippen LogP contribution in [0.25, 0.3) is 11.3 Å². The van der Waals surface area contributed by atoms with Crippen LogP contribution in [0.4, 0.5) is 17.3 Å². The predicted octanol–water partition coefficient (Wildman–Crippen LogP) is 3.86. The van der Waals surface area contributed by atoms with Crippen LogP contribution in [0, 0.1) is 6.92 Å². The van der Waals surface area contributed by atoms with Crippen molar-refractivity contribution in [3.05, 3.63) is 90.4 Å². The molecule has 38 heavy (non-hydrogen) atoms. The van der Waals surface area contributed by atoms with E-state index in [9.17, 15) is 13.2 Å². The van der Waals surface area contributed by atoms with Crippen molar-refractivity contribution in [1.29, 1.82) is 0 Å². The largest absolute Gasteiger partial charge is 0.379 e. The molecule has 1 aliphatic heterocycles.